The van der Waals surface area contributed by atoms with Crippen LogP contribution in [0.4, 0.5) is 11.4 Å². The number of benzene rings is 1. The van der Waals surface area contributed by atoms with Gasteiger partial charge < -0.3 is 11.1 Å². The van der Waals surface area contributed by atoms with Gasteiger partial charge >= 0.3 is 0 Å². The Morgan fingerprint density at radius 1 is 1.29 bits per heavy atom. The van der Waals surface area contributed by atoms with E-state index >= 15 is 0 Å². The molecule has 2 rings (SSSR count). The zero-order chi connectivity index (χ0) is 12.5. The molecule has 0 bridgehead atoms. The minimum Gasteiger partial charge on any atom is -0.399 e. The Balaban J connectivity index is 1.98. The number of nitrogens with one attached hydrogen (secondary N) is 1. The van der Waals surface area contributed by atoms with Crippen LogP contribution in [-0.4, -0.2) is 6.04 Å². The highest BCUT2D eigenvalue weighted by molar-refractivity contribution is 14.1. The number of nitrogens with two attached hydrogens (primary N) is 1. The van der Waals surface area contributed by atoms with Gasteiger partial charge in [0.2, 0.25) is 0 Å². The van der Waals surface area contributed by atoms with Crippen molar-refractivity contribution >= 4 is 34.0 Å². The molecule has 17 heavy (non-hydrogen) atoms. The van der Waals surface area contributed by atoms with Crippen LogP contribution in [0, 0.1) is 8.99 Å². The number of hydrogen-bond donors (Lipinski definition) is 2. The van der Waals surface area contributed by atoms with Crippen LogP contribution in [-0.2, 0) is 0 Å². The molecule has 94 valence electrons. The van der Waals surface area contributed by atoms with E-state index in [1.807, 2.05) is 12.1 Å². The van der Waals surface area contributed by atoms with E-state index in [0.29, 0.717) is 11.5 Å². The summed E-state index contributed by atoms with van der Waals surface area (Å²) in [5.41, 5.74) is 8.36. The highest BCUT2D eigenvalue weighted by atomic mass is 127. The summed E-state index contributed by atoms with van der Waals surface area (Å²) in [6.45, 7) is 4.74. The maximum absolute atomic E-state index is 5.76. The monoisotopic (exact) mass is 344 g/mol. The van der Waals surface area contributed by atoms with Gasteiger partial charge in [-0.05, 0) is 71.9 Å². The summed E-state index contributed by atoms with van der Waals surface area (Å²) >= 11 is 2.35. The van der Waals surface area contributed by atoms with Gasteiger partial charge in [-0.2, -0.15) is 0 Å². The van der Waals surface area contributed by atoms with Crippen molar-refractivity contribution in [1.82, 2.24) is 0 Å². The number of halogens is 1. The second-order valence-corrected chi connectivity index (χ2v) is 6.98. The van der Waals surface area contributed by atoms with Crippen molar-refractivity contribution in [2.24, 2.45) is 5.41 Å². The number of rotatable bonds is 2. The predicted molar refractivity (Wildman–Crippen MR) is 83.2 cm³/mol. The molecule has 1 aromatic carbocycles. The molecule has 2 nitrogen and oxygen atoms in total. The van der Waals surface area contributed by atoms with Gasteiger partial charge in [-0.3, -0.25) is 0 Å². The van der Waals surface area contributed by atoms with Gasteiger partial charge in [0, 0.05) is 21.0 Å². The third-order valence-corrected chi connectivity index (χ3v) is 4.58. The summed E-state index contributed by atoms with van der Waals surface area (Å²) in [6.07, 6.45) is 5.17. The van der Waals surface area contributed by atoms with E-state index in [4.69, 9.17) is 5.73 Å². The van der Waals surface area contributed by atoms with Crippen molar-refractivity contribution in [2.75, 3.05) is 11.1 Å². The lowest BCUT2D eigenvalue weighted by molar-refractivity contribution is 0.232. The van der Waals surface area contributed by atoms with Gasteiger partial charge in [0.05, 0.1) is 0 Å². The molecule has 0 heterocycles. The Morgan fingerprint density at radius 3 is 2.53 bits per heavy atom. The van der Waals surface area contributed by atoms with Gasteiger partial charge in [0.15, 0.2) is 0 Å². The predicted octanol–water partition coefficient (Wildman–Crippen LogP) is 4.25. The Bertz CT molecular complexity index is 391. The van der Waals surface area contributed by atoms with E-state index in [9.17, 15) is 0 Å². The zero-order valence-corrected chi connectivity index (χ0v) is 12.8. The van der Waals surface area contributed by atoms with Gasteiger partial charge in [-0.1, -0.05) is 13.8 Å². The molecule has 0 radical (unpaired) electrons. The number of nitrogen functional groups attached to an aromatic ring is 1. The SMILES string of the molecule is CC1(C)CCC(Nc2ccc(N)cc2I)CC1. The smallest absolute Gasteiger partial charge is 0.0479 e. The molecule has 0 unspecified atom stereocenters. The normalized spacial score (nSPS) is 20.2. The van der Waals surface area contributed by atoms with E-state index in [-0.39, 0.29) is 0 Å². The Morgan fingerprint density at radius 2 is 1.94 bits per heavy atom. The quantitative estimate of drug-likeness (QED) is 0.622. The number of hydrogen-bond acceptors (Lipinski definition) is 2. The van der Waals surface area contributed by atoms with Gasteiger partial charge in [0.25, 0.3) is 0 Å². The molecule has 1 aliphatic carbocycles. The maximum atomic E-state index is 5.76. The van der Waals surface area contributed by atoms with Crippen LogP contribution in [0.25, 0.3) is 0 Å². The maximum Gasteiger partial charge on any atom is 0.0479 e. The van der Waals surface area contributed by atoms with E-state index in [1.54, 1.807) is 0 Å². The lowest BCUT2D eigenvalue weighted by Crippen LogP contribution is -2.30. The fourth-order valence-electron chi connectivity index (χ4n) is 2.41. The zero-order valence-electron chi connectivity index (χ0n) is 10.6. The summed E-state index contributed by atoms with van der Waals surface area (Å²) in [7, 11) is 0. The molecule has 0 atom stereocenters. The molecule has 1 aromatic rings. The minimum absolute atomic E-state index is 0.534. The number of anilines is 2. The first kappa shape index (κ1) is 13.0. The molecule has 3 heteroatoms. The van der Waals surface area contributed by atoms with Gasteiger partial charge in [-0.25, -0.2) is 0 Å². The standard InChI is InChI=1S/C14H21IN2/c1-14(2)7-5-11(6-8-14)17-13-4-3-10(16)9-12(13)15/h3-4,9,11,17H,5-8,16H2,1-2H3. The Labute approximate surface area is 117 Å². The van der Waals surface area contributed by atoms with E-state index in [1.165, 1.54) is 34.9 Å². The van der Waals surface area contributed by atoms with Crippen molar-refractivity contribution in [1.29, 1.82) is 0 Å². The Kier molecular flexibility index (Phi) is 3.85. The van der Waals surface area contributed by atoms with Crippen LogP contribution in [0.1, 0.15) is 39.5 Å². The Hall–Kier alpha value is -0.450. The average Bonchev–Trinajstić information content (AvgIpc) is 2.25. The summed E-state index contributed by atoms with van der Waals surface area (Å²) in [6, 6.07) is 6.71. The molecule has 0 spiro atoms. The molecule has 0 amide bonds. The van der Waals surface area contributed by atoms with Crippen molar-refractivity contribution < 1.29 is 0 Å². The summed E-state index contributed by atoms with van der Waals surface area (Å²) < 4.78 is 1.22. The lowest BCUT2D eigenvalue weighted by Gasteiger charge is -2.35. The first-order chi connectivity index (χ1) is 7.96. The molecule has 1 aliphatic rings. The fraction of sp³-hybridized carbons (Fsp3) is 0.571. The molecule has 0 aliphatic heterocycles. The van der Waals surface area contributed by atoms with Crippen LogP contribution in [0.5, 0.6) is 0 Å². The van der Waals surface area contributed by atoms with Gasteiger partial charge in [0.1, 0.15) is 0 Å². The first-order valence-electron chi connectivity index (χ1n) is 6.28. The molecule has 3 N–H and O–H groups in total. The van der Waals surface area contributed by atoms with Crippen LogP contribution < -0.4 is 11.1 Å². The van der Waals surface area contributed by atoms with Crippen LogP contribution in [0.15, 0.2) is 18.2 Å². The van der Waals surface area contributed by atoms with E-state index in [2.05, 4.69) is 47.8 Å². The van der Waals surface area contributed by atoms with Crippen molar-refractivity contribution in [3.63, 3.8) is 0 Å². The highest BCUT2D eigenvalue weighted by Gasteiger charge is 2.26. The van der Waals surface area contributed by atoms with Crippen LogP contribution >= 0.6 is 22.6 Å². The lowest BCUT2D eigenvalue weighted by atomic mass is 9.75. The second kappa shape index (κ2) is 5.04. The third kappa shape index (κ3) is 3.50. The summed E-state index contributed by atoms with van der Waals surface area (Å²) in [5, 5.41) is 3.65. The first-order valence-corrected chi connectivity index (χ1v) is 7.36. The second-order valence-electron chi connectivity index (χ2n) is 5.82. The van der Waals surface area contributed by atoms with Crippen LogP contribution in [0.3, 0.4) is 0 Å². The molecule has 1 saturated carbocycles. The molecule has 1 fully saturated rings. The third-order valence-electron chi connectivity index (χ3n) is 3.69. The molecule has 0 aromatic heterocycles. The molecular weight excluding hydrogens is 323 g/mol. The van der Waals surface area contributed by atoms with Crippen molar-refractivity contribution in [2.45, 2.75) is 45.6 Å². The van der Waals surface area contributed by atoms with Crippen molar-refractivity contribution in [3.8, 4) is 0 Å². The van der Waals surface area contributed by atoms with Crippen molar-refractivity contribution in [3.05, 3.63) is 21.8 Å². The molecular formula is C14H21IN2. The average molecular weight is 344 g/mol. The van der Waals surface area contributed by atoms with E-state index in [0.717, 1.165) is 5.69 Å². The fourth-order valence-corrected chi connectivity index (χ4v) is 3.11. The van der Waals surface area contributed by atoms with Gasteiger partial charge in [-0.15, -0.1) is 0 Å². The largest absolute Gasteiger partial charge is 0.399 e. The molecule has 0 saturated heterocycles. The summed E-state index contributed by atoms with van der Waals surface area (Å²) in [4.78, 5) is 0. The van der Waals surface area contributed by atoms with Crippen LogP contribution in [0.2, 0.25) is 0 Å². The highest BCUT2D eigenvalue weighted by Crippen LogP contribution is 2.36. The van der Waals surface area contributed by atoms with E-state index < -0.39 is 0 Å². The topological polar surface area (TPSA) is 38.0 Å². The summed E-state index contributed by atoms with van der Waals surface area (Å²) in [5.74, 6) is 0. The minimum atomic E-state index is 0.534.